The van der Waals surface area contributed by atoms with Crippen LogP contribution in [0.5, 0.6) is 0 Å². The first-order chi connectivity index (χ1) is 6.88. The third-order valence-corrected chi connectivity index (χ3v) is 1.83. The summed E-state index contributed by atoms with van der Waals surface area (Å²) in [6.45, 7) is 1.81. The number of benzene rings is 2. The Labute approximate surface area is 84.4 Å². The van der Waals surface area contributed by atoms with Gasteiger partial charge in [0, 0.05) is 6.42 Å². The standard InChI is InChI=1S/C10H8.C3H6O/c1-2-6-10-8-4-3-7-9(10)5-1;1-2-3-4/h1-8H;3H,2H2,1H3. The molecule has 0 saturated carbocycles. The monoisotopic (exact) mass is 186 g/mol. The van der Waals surface area contributed by atoms with Gasteiger partial charge >= 0.3 is 0 Å². The average molecular weight is 186 g/mol. The molecule has 1 nitrogen and oxygen atoms in total. The number of carbonyl (C=O) groups is 1. The van der Waals surface area contributed by atoms with Crippen LogP contribution < -0.4 is 0 Å². The van der Waals surface area contributed by atoms with Gasteiger partial charge in [0.05, 0.1) is 0 Å². The molecule has 0 heterocycles. The van der Waals surface area contributed by atoms with E-state index in [0.29, 0.717) is 6.42 Å². The molecule has 2 aromatic carbocycles. The van der Waals surface area contributed by atoms with Crippen molar-refractivity contribution < 1.29 is 4.79 Å². The summed E-state index contributed by atoms with van der Waals surface area (Å²) in [4.78, 5) is 9.17. The summed E-state index contributed by atoms with van der Waals surface area (Å²) in [6, 6.07) is 16.7. The highest BCUT2D eigenvalue weighted by Crippen LogP contribution is 2.11. The van der Waals surface area contributed by atoms with E-state index in [1.165, 1.54) is 10.8 Å². The van der Waals surface area contributed by atoms with E-state index in [0.717, 1.165) is 6.29 Å². The maximum absolute atomic E-state index is 9.17. The maximum Gasteiger partial charge on any atom is 0.119 e. The van der Waals surface area contributed by atoms with Crippen LogP contribution in [0.3, 0.4) is 0 Å². The Balaban J connectivity index is 0.000000213. The molecule has 0 unspecified atom stereocenters. The van der Waals surface area contributed by atoms with Gasteiger partial charge in [-0.05, 0) is 10.8 Å². The lowest BCUT2D eigenvalue weighted by Crippen LogP contribution is -1.67. The summed E-state index contributed by atoms with van der Waals surface area (Å²) >= 11 is 0. The largest absolute Gasteiger partial charge is 0.303 e. The Kier molecular flexibility index (Phi) is 4.42. The van der Waals surface area contributed by atoms with Crippen molar-refractivity contribution >= 4 is 17.1 Å². The molecule has 0 aromatic heterocycles. The van der Waals surface area contributed by atoms with E-state index in [1.807, 2.05) is 6.92 Å². The van der Waals surface area contributed by atoms with Gasteiger partial charge in [0.15, 0.2) is 0 Å². The normalized spacial score (nSPS) is 8.93. The predicted molar refractivity (Wildman–Crippen MR) is 60.3 cm³/mol. The van der Waals surface area contributed by atoms with Crippen LogP contribution in [0.15, 0.2) is 48.5 Å². The van der Waals surface area contributed by atoms with Gasteiger partial charge in [-0.15, -0.1) is 0 Å². The van der Waals surface area contributed by atoms with Crippen LogP contribution >= 0.6 is 0 Å². The molecule has 0 radical (unpaired) electrons. The Hall–Kier alpha value is -1.63. The van der Waals surface area contributed by atoms with Crippen molar-refractivity contribution in [3.8, 4) is 0 Å². The molecule has 0 bridgehead atoms. The molecule has 0 atom stereocenters. The lowest BCUT2D eigenvalue weighted by Gasteiger charge is -1.92. The van der Waals surface area contributed by atoms with E-state index >= 15 is 0 Å². The first-order valence-corrected chi connectivity index (χ1v) is 4.76. The molecule has 0 N–H and O–H groups in total. The number of hydrogen-bond acceptors (Lipinski definition) is 1. The van der Waals surface area contributed by atoms with Gasteiger partial charge in [-0.3, -0.25) is 0 Å². The lowest BCUT2D eigenvalue weighted by atomic mass is 10.1. The molecule has 0 fully saturated rings. The van der Waals surface area contributed by atoms with Crippen LogP contribution in [0.4, 0.5) is 0 Å². The molecular formula is C13H14O. The van der Waals surface area contributed by atoms with E-state index in [9.17, 15) is 4.79 Å². The Morgan fingerprint density at radius 2 is 1.21 bits per heavy atom. The van der Waals surface area contributed by atoms with Crippen molar-refractivity contribution in [2.75, 3.05) is 0 Å². The van der Waals surface area contributed by atoms with Crippen molar-refractivity contribution in [2.24, 2.45) is 0 Å². The second kappa shape index (κ2) is 5.92. The van der Waals surface area contributed by atoms with Crippen molar-refractivity contribution in [1.29, 1.82) is 0 Å². The highest BCUT2D eigenvalue weighted by Gasteiger charge is 1.85. The van der Waals surface area contributed by atoms with Crippen LogP contribution in [-0.4, -0.2) is 6.29 Å². The van der Waals surface area contributed by atoms with Gasteiger partial charge in [0.25, 0.3) is 0 Å². The van der Waals surface area contributed by atoms with E-state index in [2.05, 4.69) is 48.5 Å². The molecule has 0 amide bonds. The molecule has 0 spiro atoms. The highest BCUT2D eigenvalue weighted by molar-refractivity contribution is 5.81. The predicted octanol–water partition coefficient (Wildman–Crippen LogP) is 3.44. The van der Waals surface area contributed by atoms with Crippen LogP contribution in [0.2, 0.25) is 0 Å². The summed E-state index contributed by atoms with van der Waals surface area (Å²) in [5, 5.41) is 2.62. The summed E-state index contributed by atoms with van der Waals surface area (Å²) in [5.74, 6) is 0. The quantitative estimate of drug-likeness (QED) is 0.623. The number of aldehydes is 1. The number of hydrogen-bond donors (Lipinski definition) is 0. The van der Waals surface area contributed by atoms with E-state index in [4.69, 9.17) is 0 Å². The minimum Gasteiger partial charge on any atom is -0.303 e. The molecule has 0 saturated heterocycles. The Bertz CT molecular complexity index is 328. The third kappa shape index (κ3) is 3.02. The van der Waals surface area contributed by atoms with Gasteiger partial charge in [0.1, 0.15) is 6.29 Å². The second-order valence-electron chi connectivity index (χ2n) is 2.92. The molecule has 0 aliphatic rings. The lowest BCUT2D eigenvalue weighted by molar-refractivity contribution is -0.107. The summed E-state index contributed by atoms with van der Waals surface area (Å²) in [5.41, 5.74) is 0. The average Bonchev–Trinajstić information content (AvgIpc) is 2.30. The van der Waals surface area contributed by atoms with Crippen LogP contribution in [0.1, 0.15) is 13.3 Å². The molecule has 0 aliphatic heterocycles. The smallest absolute Gasteiger partial charge is 0.119 e. The topological polar surface area (TPSA) is 17.1 Å². The SMILES string of the molecule is CCC=O.c1ccc2ccccc2c1. The number of rotatable bonds is 1. The molecule has 1 heteroatoms. The molecule has 14 heavy (non-hydrogen) atoms. The number of fused-ring (bicyclic) bond motifs is 1. The third-order valence-electron chi connectivity index (χ3n) is 1.83. The van der Waals surface area contributed by atoms with E-state index in [-0.39, 0.29) is 0 Å². The van der Waals surface area contributed by atoms with Gasteiger partial charge < -0.3 is 4.79 Å². The first-order valence-electron chi connectivity index (χ1n) is 4.76. The van der Waals surface area contributed by atoms with Crippen LogP contribution in [-0.2, 0) is 4.79 Å². The fraction of sp³-hybridized carbons (Fsp3) is 0.154. The zero-order valence-corrected chi connectivity index (χ0v) is 8.31. The van der Waals surface area contributed by atoms with E-state index < -0.39 is 0 Å². The van der Waals surface area contributed by atoms with E-state index in [1.54, 1.807) is 0 Å². The fourth-order valence-electron chi connectivity index (χ4n) is 1.13. The maximum atomic E-state index is 9.17. The molecule has 0 aliphatic carbocycles. The minimum atomic E-state index is 0.639. The van der Waals surface area contributed by atoms with Gasteiger partial charge in [-0.1, -0.05) is 55.5 Å². The van der Waals surface area contributed by atoms with Crippen LogP contribution in [0, 0.1) is 0 Å². The Morgan fingerprint density at radius 3 is 1.43 bits per heavy atom. The van der Waals surface area contributed by atoms with Gasteiger partial charge in [-0.25, -0.2) is 0 Å². The molecular weight excluding hydrogens is 172 g/mol. The fourth-order valence-corrected chi connectivity index (χ4v) is 1.13. The van der Waals surface area contributed by atoms with Gasteiger partial charge in [0.2, 0.25) is 0 Å². The summed E-state index contributed by atoms with van der Waals surface area (Å²) in [6.07, 6.45) is 1.51. The summed E-state index contributed by atoms with van der Waals surface area (Å²) < 4.78 is 0. The zero-order valence-electron chi connectivity index (χ0n) is 8.31. The minimum absolute atomic E-state index is 0.639. The van der Waals surface area contributed by atoms with Crippen molar-refractivity contribution in [3.63, 3.8) is 0 Å². The van der Waals surface area contributed by atoms with Crippen LogP contribution in [0.25, 0.3) is 10.8 Å². The zero-order chi connectivity index (χ0) is 10.2. The van der Waals surface area contributed by atoms with Crippen molar-refractivity contribution in [1.82, 2.24) is 0 Å². The second-order valence-corrected chi connectivity index (χ2v) is 2.92. The molecule has 2 aromatic rings. The molecule has 72 valence electrons. The number of carbonyl (C=O) groups excluding carboxylic acids is 1. The Morgan fingerprint density at radius 1 is 0.929 bits per heavy atom. The highest BCUT2D eigenvalue weighted by atomic mass is 16.1. The molecule has 2 rings (SSSR count). The van der Waals surface area contributed by atoms with Gasteiger partial charge in [-0.2, -0.15) is 0 Å². The van der Waals surface area contributed by atoms with Crippen molar-refractivity contribution in [2.45, 2.75) is 13.3 Å². The summed E-state index contributed by atoms with van der Waals surface area (Å²) in [7, 11) is 0. The van der Waals surface area contributed by atoms with Crippen molar-refractivity contribution in [3.05, 3.63) is 48.5 Å². The first kappa shape index (κ1) is 10.5.